The molecule has 1 amide bonds. The van der Waals surface area contributed by atoms with Gasteiger partial charge in [-0.3, -0.25) is 9.10 Å². The molecule has 0 aromatic heterocycles. The molecule has 0 atom stereocenters. The fraction of sp³-hybridized carbons (Fsp3) is 0.381. The van der Waals surface area contributed by atoms with Crippen molar-refractivity contribution in [1.29, 1.82) is 0 Å². The van der Waals surface area contributed by atoms with E-state index in [1.54, 1.807) is 0 Å². The second kappa shape index (κ2) is 7.72. The highest BCUT2D eigenvalue weighted by molar-refractivity contribution is 7.92. The highest BCUT2D eigenvalue weighted by Gasteiger charge is 2.23. The smallest absolute Gasteiger partial charge is 0.232 e. The maximum Gasteiger partial charge on any atom is 0.232 e. The van der Waals surface area contributed by atoms with Crippen molar-refractivity contribution < 1.29 is 13.2 Å². The summed E-state index contributed by atoms with van der Waals surface area (Å²) in [6.45, 7) is 5.30. The predicted molar refractivity (Wildman–Crippen MR) is 108 cm³/mol. The van der Waals surface area contributed by atoms with Crippen molar-refractivity contribution in [3.05, 3.63) is 64.7 Å². The van der Waals surface area contributed by atoms with Crippen LogP contribution in [0.3, 0.4) is 0 Å². The van der Waals surface area contributed by atoms with E-state index in [2.05, 4.69) is 6.07 Å². The molecule has 5 nitrogen and oxygen atoms in total. The zero-order chi connectivity index (χ0) is 19.6. The molecule has 6 heteroatoms. The van der Waals surface area contributed by atoms with Gasteiger partial charge in [0, 0.05) is 26.1 Å². The Kier molecular flexibility index (Phi) is 5.56. The molecule has 0 fully saturated rings. The van der Waals surface area contributed by atoms with Crippen LogP contribution in [0.15, 0.2) is 42.5 Å². The molecular formula is C21H26N2O3S. The van der Waals surface area contributed by atoms with Gasteiger partial charge < -0.3 is 4.90 Å². The first-order valence-electron chi connectivity index (χ1n) is 9.14. The fourth-order valence-corrected chi connectivity index (χ4v) is 4.56. The Morgan fingerprint density at radius 1 is 1.07 bits per heavy atom. The maximum absolute atomic E-state index is 12.7. The number of sulfonamides is 1. The van der Waals surface area contributed by atoms with Crippen molar-refractivity contribution in [2.45, 2.75) is 33.2 Å². The topological polar surface area (TPSA) is 57.7 Å². The number of carbonyl (C=O) groups excluding carboxylic acids is 1. The van der Waals surface area contributed by atoms with Crippen LogP contribution in [0.5, 0.6) is 0 Å². The lowest BCUT2D eigenvalue weighted by molar-refractivity contribution is -0.131. The second-order valence-corrected chi connectivity index (χ2v) is 9.17. The molecule has 144 valence electrons. The molecular weight excluding hydrogens is 360 g/mol. The lowest BCUT2D eigenvalue weighted by atomic mass is 10.00. The second-order valence-electron chi connectivity index (χ2n) is 7.27. The summed E-state index contributed by atoms with van der Waals surface area (Å²) in [4.78, 5) is 14.5. The Balaban J connectivity index is 1.72. The third-order valence-electron chi connectivity index (χ3n) is 4.91. The van der Waals surface area contributed by atoms with E-state index in [9.17, 15) is 13.2 Å². The molecule has 27 heavy (non-hydrogen) atoms. The summed E-state index contributed by atoms with van der Waals surface area (Å²) >= 11 is 0. The summed E-state index contributed by atoms with van der Waals surface area (Å²) in [6, 6.07) is 13.8. The van der Waals surface area contributed by atoms with Crippen LogP contribution in [-0.2, 0) is 27.8 Å². The Bertz CT molecular complexity index is 933. The SMILES string of the molecule is Cc1cc(C)cc(N(CCC(=O)N2CCc3ccccc3C2)S(C)(=O)=O)c1. The van der Waals surface area contributed by atoms with E-state index in [0.29, 0.717) is 18.8 Å². The number of rotatable bonds is 5. The van der Waals surface area contributed by atoms with E-state index >= 15 is 0 Å². The maximum atomic E-state index is 12.7. The number of hydrogen-bond donors (Lipinski definition) is 0. The van der Waals surface area contributed by atoms with Gasteiger partial charge in [0.05, 0.1) is 11.9 Å². The van der Waals surface area contributed by atoms with E-state index in [1.165, 1.54) is 21.7 Å². The van der Waals surface area contributed by atoms with Crippen LogP contribution in [0, 0.1) is 13.8 Å². The van der Waals surface area contributed by atoms with Gasteiger partial charge in [-0.05, 0) is 54.7 Å². The third kappa shape index (κ3) is 4.69. The minimum absolute atomic E-state index is 0.0115. The molecule has 0 unspecified atom stereocenters. The van der Waals surface area contributed by atoms with Gasteiger partial charge >= 0.3 is 0 Å². The first-order valence-corrected chi connectivity index (χ1v) is 11.0. The Morgan fingerprint density at radius 2 is 1.70 bits per heavy atom. The molecule has 2 aromatic carbocycles. The Labute approximate surface area is 161 Å². The van der Waals surface area contributed by atoms with Crippen molar-refractivity contribution in [1.82, 2.24) is 4.90 Å². The zero-order valence-electron chi connectivity index (χ0n) is 16.1. The van der Waals surface area contributed by atoms with Crippen LogP contribution in [0.4, 0.5) is 5.69 Å². The molecule has 0 bridgehead atoms. The first kappa shape index (κ1) is 19.4. The van der Waals surface area contributed by atoms with E-state index < -0.39 is 10.0 Å². The predicted octanol–water partition coefficient (Wildman–Crippen LogP) is 3.04. The summed E-state index contributed by atoms with van der Waals surface area (Å²) < 4.78 is 26.0. The number of hydrogen-bond acceptors (Lipinski definition) is 3. The first-order chi connectivity index (χ1) is 12.7. The fourth-order valence-electron chi connectivity index (χ4n) is 3.64. The molecule has 0 aliphatic carbocycles. The van der Waals surface area contributed by atoms with Crippen LogP contribution in [0.2, 0.25) is 0 Å². The number of carbonyl (C=O) groups is 1. The molecule has 1 aliphatic rings. The lowest BCUT2D eigenvalue weighted by Gasteiger charge is -2.30. The highest BCUT2D eigenvalue weighted by atomic mass is 32.2. The molecule has 0 saturated carbocycles. The van der Waals surface area contributed by atoms with Crippen molar-refractivity contribution in [2.24, 2.45) is 0 Å². The van der Waals surface area contributed by atoms with Gasteiger partial charge in [0.2, 0.25) is 15.9 Å². The van der Waals surface area contributed by atoms with E-state index in [4.69, 9.17) is 0 Å². The third-order valence-corrected chi connectivity index (χ3v) is 6.10. The number of nitrogens with zero attached hydrogens (tertiary/aromatic N) is 2. The summed E-state index contributed by atoms with van der Waals surface area (Å²) in [7, 11) is -3.46. The van der Waals surface area contributed by atoms with Crippen molar-refractivity contribution in [3.63, 3.8) is 0 Å². The number of aryl methyl sites for hydroxylation is 2. The van der Waals surface area contributed by atoms with Gasteiger partial charge in [-0.25, -0.2) is 8.42 Å². The van der Waals surface area contributed by atoms with Crippen molar-refractivity contribution in [2.75, 3.05) is 23.7 Å². The summed E-state index contributed by atoms with van der Waals surface area (Å²) in [5, 5.41) is 0. The van der Waals surface area contributed by atoms with Gasteiger partial charge in [-0.2, -0.15) is 0 Å². The van der Waals surface area contributed by atoms with Gasteiger partial charge in [0.1, 0.15) is 0 Å². The summed E-state index contributed by atoms with van der Waals surface area (Å²) in [5.74, 6) is -0.0115. The Hall–Kier alpha value is -2.34. The van der Waals surface area contributed by atoms with E-state index in [-0.39, 0.29) is 18.9 Å². The van der Waals surface area contributed by atoms with Crippen LogP contribution in [-0.4, -0.2) is 38.6 Å². The van der Waals surface area contributed by atoms with E-state index in [1.807, 2.05) is 55.1 Å². The number of benzene rings is 2. The van der Waals surface area contributed by atoms with Gasteiger partial charge in [0.15, 0.2) is 0 Å². The molecule has 3 rings (SSSR count). The Morgan fingerprint density at radius 3 is 2.33 bits per heavy atom. The van der Waals surface area contributed by atoms with Crippen molar-refractivity contribution >= 4 is 21.6 Å². The minimum atomic E-state index is -3.46. The number of amides is 1. The molecule has 0 N–H and O–H groups in total. The van der Waals surface area contributed by atoms with Crippen LogP contribution < -0.4 is 4.31 Å². The molecule has 0 radical (unpaired) electrons. The van der Waals surface area contributed by atoms with Gasteiger partial charge in [-0.15, -0.1) is 0 Å². The largest absolute Gasteiger partial charge is 0.338 e. The number of fused-ring (bicyclic) bond motifs is 1. The van der Waals surface area contributed by atoms with Gasteiger partial charge in [-0.1, -0.05) is 30.3 Å². The van der Waals surface area contributed by atoms with Crippen molar-refractivity contribution in [3.8, 4) is 0 Å². The number of anilines is 1. The van der Waals surface area contributed by atoms with Crippen LogP contribution >= 0.6 is 0 Å². The highest BCUT2D eigenvalue weighted by Crippen LogP contribution is 2.23. The average molecular weight is 387 g/mol. The van der Waals surface area contributed by atoms with E-state index in [0.717, 1.165) is 17.5 Å². The molecule has 1 aliphatic heterocycles. The van der Waals surface area contributed by atoms with Crippen LogP contribution in [0.1, 0.15) is 28.7 Å². The summed E-state index contributed by atoms with van der Waals surface area (Å²) in [6.07, 6.45) is 2.20. The standard InChI is InChI=1S/C21H26N2O3S/c1-16-12-17(2)14-20(13-16)23(27(3,25)26)11-9-21(24)22-10-8-18-6-4-5-7-19(18)15-22/h4-7,12-14H,8-11,15H2,1-3H3. The minimum Gasteiger partial charge on any atom is -0.338 e. The molecule has 0 saturated heterocycles. The monoisotopic (exact) mass is 386 g/mol. The zero-order valence-corrected chi connectivity index (χ0v) is 16.9. The quantitative estimate of drug-likeness (QED) is 0.794. The average Bonchev–Trinajstić information content (AvgIpc) is 2.59. The lowest BCUT2D eigenvalue weighted by Crippen LogP contribution is -2.39. The van der Waals surface area contributed by atoms with Crippen LogP contribution in [0.25, 0.3) is 0 Å². The molecule has 2 aromatic rings. The summed E-state index contributed by atoms with van der Waals surface area (Å²) in [5.41, 5.74) is 5.07. The normalized spacial score (nSPS) is 14.0. The van der Waals surface area contributed by atoms with Gasteiger partial charge in [0.25, 0.3) is 0 Å². The molecule has 1 heterocycles. The molecule has 0 spiro atoms.